The Balaban J connectivity index is 3.44. The van der Waals surface area contributed by atoms with Crippen LogP contribution in [0.5, 0.6) is 0 Å². The maximum Gasteiger partial charge on any atom is -0.00206 e. The molecular weight excluding hydrogens is 470 g/mol. The Morgan fingerprint density at radius 2 is 0.538 bits per heavy atom. The molecule has 0 aliphatic heterocycles. The summed E-state index contributed by atoms with van der Waals surface area (Å²) in [7, 11) is 0. The zero-order valence-corrected chi connectivity index (χ0v) is 28.1. The number of unbranched alkanes of at least 4 members (excludes halogenated alkanes) is 28. The van der Waals surface area contributed by atoms with Crippen LogP contribution in [0.4, 0.5) is 0 Å². The van der Waals surface area contributed by atoms with Crippen LogP contribution >= 0.6 is 0 Å². The van der Waals surface area contributed by atoms with E-state index in [-0.39, 0.29) is 0 Å². The molecule has 39 heavy (non-hydrogen) atoms. The van der Waals surface area contributed by atoms with Gasteiger partial charge in [0.2, 0.25) is 0 Å². The fraction of sp³-hybridized carbons (Fsp3) is 1.00. The molecule has 1 nitrogen and oxygen atoms in total. The molecule has 0 aromatic carbocycles. The molecule has 0 aromatic heterocycles. The van der Waals surface area contributed by atoms with Crippen molar-refractivity contribution < 1.29 is 0 Å². The average molecular weight is 550 g/mol. The van der Waals surface area contributed by atoms with Crippen molar-refractivity contribution in [3.63, 3.8) is 0 Å². The Bertz CT molecular complexity index is 406. The second-order valence-electron chi connectivity index (χ2n) is 13.2. The van der Waals surface area contributed by atoms with E-state index in [0.29, 0.717) is 0 Å². The van der Waals surface area contributed by atoms with Crippen LogP contribution in [0.1, 0.15) is 226 Å². The van der Waals surface area contributed by atoms with Gasteiger partial charge in [0.1, 0.15) is 0 Å². The van der Waals surface area contributed by atoms with Gasteiger partial charge in [-0.2, -0.15) is 0 Å². The fourth-order valence-corrected chi connectivity index (χ4v) is 6.31. The molecule has 1 N–H and O–H groups in total. The van der Waals surface area contributed by atoms with Gasteiger partial charge in [-0.05, 0) is 31.8 Å². The van der Waals surface area contributed by atoms with E-state index in [1.54, 1.807) is 0 Å². The minimum Gasteiger partial charge on any atom is -0.317 e. The van der Waals surface area contributed by atoms with Crippen LogP contribution in [0.15, 0.2) is 0 Å². The largest absolute Gasteiger partial charge is 0.317 e. The lowest BCUT2D eigenvalue weighted by molar-refractivity contribution is 0.384. The normalized spacial score (nSPS) is 12.4. The van der Waals surface area contributed by atoms with Crippen LogP contribution < -0.4 is 5.32 Å². The van der Waals surface area contributed by atoms with Gasteiger partial charge in [0.05, 0.1) is 0 Å². The van der Waals surface area contributed by atoms with E-state index >= 15 is 0 Å². The van der Waals surface area contributed by atoms with E-state index in [9.17, 15) is 0 Å². The zero-order chi connectivity index (χ0) is 28.3. The third-order valence-corrected chi connectivity index (χ3v) is 9.11. The Morgan fingerprint density at radius 1 is 0.308 bits per heavy atom. The summed E-state index contributed by atoms with van der Waals surface area (Å²) in [6, 6.07) is 0. The van der Waals surface area contributed by atoms with Crippen molar-refractivity contribution in [1.82, 2.24) is 5.32 Å². The highest BCUT2D eigenvalue weighted by Crippen LogP contribution is 2.20. The Kier molecular flexibility index (Phi) is 35.9. The van der Waals surface area contributed by atoms with Crippen molar-refractivity contribution in [2.45, 2.75) is 226 Å². The smallest absolute Gasteiger partial charge is 0.00206 e. The van der Waals surface area contributed by atoms with Crippen molar-refractivity contribution >= 4 is 0 Å². The van der Waals surface area contributed by atoms with Crippen LogP contribution in [0.3, 0.4) is 0 Å². The van der Waals surface area contributed by atoms with Gasteiger partial charge in [0.25, 0.3) is 0 Å². The van der Waals surface area contributed by atoms with E-state index in [0.717, 1.165) is 12.5 Å². The Hall–Kier alpha value is -0.0400. The molecule has 0 aliphatic rings. The molecule has 0 bridgehead atoms. The first-order valence-electron chi connectivity index (χ1n) is 19.1. The van der Waals surface area contributed by atoms with Gasteiger partial charge in [-0.15, -0.1) is 0 Å². The minimum atomic E-state index is 0.925. The van der Waals surface area contributed by atoms with Gasteiger partial charge in [-0.25, -0.2) is 0 Å². The van der Waals surface area contributed by atoms with Crippen LogP contribution in [0.25, 0.3) is 0 Å². The predicted molar refractivity (Wildman–Crippen MR) is 181 cm³/mol. The highest BCUT2D eigenvalue weighted by molar-refractivity contribution is 4.64. The lowest BCUT2D eigenvalue weighted by Gasteiger charge is -2.17. The second-order valence-corrected chi connectivity index (χ2v) is 13.2. The molecule has 0 saturated heterocycles. The summed E-state index contributed by atoms with van der Waals surface area (Å²) in [5, 5.41) is 3.65. The molecule has 0 rings (SSSR count). The van der Waals surface area contributed by atoms with Gasteiger partial charge in [0.15, 0.2) is 0 Å². The molecule has 1 atom stereocenters. The third kappa shape index (κ3) is 34.1. The Morgan fingerprint density at radius 3 is 0.769 bits per heavy atom. The predicted octanol–water partition coefficient (Wildman–Crippen LogP) is 13.7. The number of hydrogen-bond acceptors (Lipinski definition) is 1. The van der Waals surface area contributed by atoms with E-state index in [1.165, 1.54) is 212 Å². The standard InChI is InChI=1S/C38H79N/c1-4-7-9-11-13-15-17-19-20-21-22-24-26-28-30-32-34-36-38(37-39-6-3)35-33-31-29-27-25-23-18-16-14-12-10-8-5-2/h38-39H,4-37H2,1-3H3. The molecule has 1 heteroatoms. The van der Waals surface area contributed by atoms with Crippen molar-refractivity contribution in [3.05, 3.63) is 0 Å². The van der Waals surface area contributed by atoms with Crippen LogP contribution in [0.2, 0.25) is 0 Å². The first kappa shape index (κ1) is 39.0. The van der Waals surface area contributed by atoms with E-state index in [2.05, 4.69) is 26.1 Å². The summed E-state index contributed by atoms with van der Waals surface area (Å²) in [5.74, 6) is 0.925. The number of hydrogen-bond donors (Lipinski definition) is 1. The van der Waals surface area contributed by atoms with Gasteiger partial charge >= 0.3 is 0 Å². The molecule has 0 heterocycles. The Labute approximate surface area is 250 Å². The summed E-state index contributed by atoms with van der Waals surface area (Å²) in [6.45, 7) is 9.27. The zero-order valence-electron chi connectivity index (χ0n) is 28.1. The molecule has 0 radical (unpaired) electrons. The maximum atomic E-state index is 3.65. The van der Waals surface area contributed by atoms with Gasteiger partial charge in [-0.1, -0.05) is 213 Å². The summed E-state index contributed by atoms with van der Waals surface area (Å²) in [5.41, 5.74) is 0. The second kappa shape index (κ2) is 36.0. The van der Waals surface area contributed by atoms with Crippen molar-refractivity contribution in [2.24, 2.45) is 5.92 Å². The minimum absolute atomic E-state index is 0.925. The molecular formula is C38H79N. The van der Waals surface area contributed by atoms with E-state index in [1.807, 2.05) is 0 Å². The topological polar surface area (TPSA) is 12.0 Å². The average Bonchev–Trinajstić information content (AvgIpc) is 2.95. The number of nitrogens with one attached hydrogen (secondary N) is 1. The molecule has 1 unspecified atom stereocenters. The molecule has 236 valence electrons. The van der Waals surface area contributed by atoms with Crippen LogP contribution in [-0.2, 0) is 0 Å². The molecule has 0 amide bonds. The molecule has 0 spiro atoms. The monoisotopic (exact) mass is 550 g/mol. The summed E-state index contributed by atoms with van der Waals surface area (Å²) in [4.78, 5) is 0. The van der Waals surface area contributed by atoms with Crippen molar-refractivity contribution in [1.29, 1.82) is 0 Å². The highest BCUT2D eigenvalue weighted by atomic mass is 14.8. The third-order valence-electron chi connectivity index (χ3n) is 9.11. The van der Waals surface area contributed by atoms with Gasteiger partial charge in [-0.3, -0.25) is 0 Å². The molecule has 0 aliphatic carbocycles. The van der Waals surface area contributed by atoms with Crippen LogP contribution in [0, 0.1) is 5.92 Å². The fourth-order valence-electron chi connectivity index (χ4n) is 6.31. The first-order chi connectivity index (χ1) is 19.3. The maximum absolute atomic E-state index is 3.65. The lowest BCUT2D eigenvalue weighted by atomic mass is 9.94. The summed E-state index contributed by atoms with van der Waals surface area (Å²) in [6.07, 6.45) is 47.0. The number of rotatable bonds is 35. The highest BCUT2D eigenvalue weighted by Gasteiger charge is 2.08. The van der Waals surface area contributed by atoms with Crippen molar-refractivity contribution in [3.8, 4) is 0 Å². The first-order valence-corrected chi connectivity index (χ1v) is 19.1. The quantitative estimate of drug-likeness (QED) is 0.0775. The lowest BCUT2D eigenvalue weighted by Crippen LogP contribution is -2.22. The summed E-state index contributed by atoms with van der Waals surface area (Å²) < 4.78 is 0. The molecule has 0 saturated carbocycles. The molecule has 0 aromatic rings. The van der Waals surface area contributed by atoms with Crippen molar-refractivity contribution in [2.75, 3.05) is 13.1 Å². The van der Waals surface area contributed by atoms with Crippen LogP contribution in [-0.4, -0.2) is 13.1 Å². The summed E-state index contributed by atoms with van der Waals surface area (Å²) >= 11 is 0. The van der Waals surface area contributed by atoms with Gasteiger partial charge < -0.3 is 5.32 Å². The van der Waals surface area contributed by atoms with E-state index < -0.39 is 0 Å². The molecule has 0 fully saturated rings. The SMILES string of the molecule is CCCCCCCCCCCCCCCCCCCC(CCCCCCCCCCCCCCC)CNCC. The van der Waals surface area contributed by atoms with Gasteiger partial charge in [0, 0.05) is 0 Å². The van der Waals surface area contributed by atoms with E-state index in [4.69, 9.17) is 0 Å².